The Hall–Kier alpha value is -3.98. The number of nitrogens with zero attached hydrogens (tertiary/aromatic N) is 3. The molecule has 0 fully saturated rings. The molecule has 2 aromatic heterocycles. The number of hydrogen-bond acceptors (Lipinski definition) is 5. The molecule has 4 aromatic rings. The van der Waals surface area contributed by atoms with Crippen molar-refractivity contribution in [3.05, 3.63) is 76.7 Å². The number of methoxy groups -OCH3 is 1. The summed E-state index contributed by atoms with van der Waals surface area (Å²) in [7, 11) is 1.67. The van der Waals surface area contributed by atoms with Crippen molar-refractivity contribution in [3.63, 3.8) is 0 Å². The summed E-state index contributed by atoms with van der Waals surface area (Å²) < 4.78 is 5.39. The minimum atomic E-state index is 0.427. The third-order valence-corrected chi connectivity index (χ3v) is 5.92. The molecule has 2 heterocycles. The summed E-state index contributed by atoms with van der Waals surface area (Å²) in [6, 6.07) is 14.1. The number of nitrogens with one attached hydrogen (secondary N) is 4. The monoisotopic (exact) mass is 501 g/mol. The van der Waals surface area contributed by atoms with Crippen LogP contribution < -0.4 is 20.7 Å². The molecular formula is C27H31N7OS. The lowest BCUT2D eigenvalue weighted by Gasteiger charge is -2.16. The van der Waals surface area contributed by atoms with Crippen molar-refractivity contribution >= 4 is 45.8 Å². The van der Waals surface area contributed by atoms with Gasteiger partial charge < -0.3 is 20.4 Å². The lowest BCUT2D eigenvalue weighted by molar-refractivity contribution is 0.415. The number of aromatic nitrogens is 3. The van der Waals surface area contributed by atoms with E-state index in [0.29, 0.717) is 23.6 Å². The Kier molecular flexibility index (Phi) is 7.80. The molecule has 8 nitrogen and oxygen atoms in total. The predicted molar refractivity (Wildman–Crippen MR) is 151 cm³/mol. The van der Waals surface area contributed by atoms with Gasteiger partial charge in [-0.15, -0.1) is 0 Å². The number of ether oxygens (including phenoxy) is 1. The van der Waals surface area contributed by atoms with E-state index in [4.69, 9.17) is 21.9 Å². The number of anilines is 2. The average Bonchev–Trinajstić information content (AvgIpc) is 3.22. The average molecular weight is 502 g/mol. The number of aromatic amines is 1. The van der Waals surface area contributed by atoms with E-state index in [1.807, 2.05) is 58.2 Å². The number of rotatable bonds is 6. The molecule has 0 aliphatic carbocycles. The van der Waals surface area contributed by atoms with Gasteiger partial charge in [-0.05, 0) is 93.4 Å². The topological polar surface area (TPSA) is 99.2 Å². The van der Waals surface area contributed by atoms with Crippen molar-refractivity contribution in [3.8, 4) is 5.75 Å². The van der Waals surface area contributed by atoms with Crippen LogP contribution >= 0.6 is 12.2 Å². The summed E-state index contributed by atoms with van der Waals surface area (Å²) in [6.45, 7) is 8.48. The fourth-order valence-electron chi connectivity index (χ4n) is 3.91. The Labute approximate surface area is 216 Å². The van der Waals surface area contributed by atoms with Gasteiger partial charge in [0.1, 0.15) is 5.75 Å². The maximum absolute atomic E-state index is 5.60. The van der Waals surface area contributed by atoms with Crippen LogP contribution in [0.5, 0.6) is 5.75 Å². The molecule has 0 atom stereocenters. The van der Waals surface area contributed by atoms with Gasteiger partial charge in [0.2, 0.25) is 11.9 Å². The van der Waals surface area contributed by atoms with Crippen LogP contribution in [0.2, 0.25) is 0 Å². The first kappa shape index (κ1) is 25.1. The smallest absolute Gasteiger partial charge is 0.229 e. The van der Waals surface area contributed by atoms with Crippen molar-refractivity contribution in [1.29, 1.82) is 0 Å². The fraction of sp³-hybridized carbons (Fsp3) is 0.259. The van der Waals surface area contributed by atoms with Gasteiger partial charge in [0, 0.05) is 40.7 Å². The minimum Gasteiger partial charge on any atom is -0.497 e. The molecule has 0 amide bonds. The number of benzene rings is 2. The Balaban J connectivity index is 1.53. The second-order valence-electron chi connectivity index (χ2n) is 8.70. The highest BCUT2D eigenvalue weighted by molar-refractivity contribution is 7.80. The van der Waals surface area contributed by atoms with E-state index in [1.54, 1.807) is 7.11 Å². The highest BCUT2D eigenvalue weighted by atomic mass is 32.1. The van der Waals surface area contributed by atoms with Crippen molar-refractivity contribution in [1.82, 2.24) is 20.3 Å². The second kappa shape index (κ2) is 11.2. The molecule has 0 aliphatic heterocycles. The van der Waals surface area contributed by atoms with Crippen LogP contribution in [-0.2, 0) is 6.42 Å². The van der Waals surface area contributed by atoms with Crippen molar-refractivity contribution in [2.24, 2.45) is 4.99 Å². The van der Waals surface area contributed by atoms with Crippen LogP contribution in [-0.4, -0.2) is 39.7 Å². The van der Waals surface area contributed by atoms with E-state index in [9.17, 15) is 0 Å². The normalized spacial score (nSPS) is 11.4. The first-order chi connectivity index (χ1) is 17.3. The van der Waals surface area contributed by atoms with Gasteiger partial charge in [0.05, 0.1) is 7.11 Å². The second-order valence-corrected chi connectivity index (χ2v) is 9.11. The van der Waals surface area contributed by atoms with E-state index >= 15 is 0 Å². The Morgan fingerprint density at radius 2 is 1.78 bits per heavy atom. The molecule has 0 saturated carbocycles. The third kappa shape index (κ3) is 6.37. The molecular weight excluding hydrogens is 470 g/mol. The largest absolute Gasteiger partial charge is 0.497 e. The minimum absolute atomic E-state index is 0.427. The van der Waals surface area contributed by atoms with Crippen LogP contribution in [0.1, 0.15) is 28.1 Å². The zero-order valence-electron chi connectivity index (χ0n) is 21.2. The standard InChI is InChI=1S/C27H31N7OS/c1-16-6-7-17(2)24(12-16)32-27(36)34-25(33-26-30-18(3)13-19(4)31-26)28-11-10-20-15-29-23-9-8-21(35-5)14-22(20)23/h6-9,12-15,29H,10-11H2,1-5H3,(H3,28,30,31,32,33,34,36). The van der Waals surface area contributed by atoms with E-state index < -0.39 is 0 Å². The molecule has 0 spiro atoms. The Morgan fingerprint density at radius 1 is 1.00 bits per heavy atom. The van der Waals surface area contributed by atoms with E-state index in [0.717, 1.165) is 56.8 Å². The molecule has 0 unspecified atom stereocenters. The predicted octanol–water partition coefficient (Wildman–Crippen LogP) is 5.20. The highest BCUT2D eigenvalue weighted by Gasteiger charge is 2.10. The molecule has 186 valence electrons. The van der Waals surface area contributed by atoms with Crippen LogP contribution in [0.15, 0.2) is 53.7 Å². The first-order valence-corrected chi connectivity index (χ1v) is 12.1. The van der Waals surface area contributed by atoms with Gasteiger partial charge >= 0.3 is 0 Å². The number of aliphatic imine (C=N–C) groups is 1. The Morgan fingerprint density at radius 3 is 2.53 bits per heavy atom. The number of fused-ring (bicyclic) bond motifs is 1. The maximum atomic E-state index is 5.60. The molecule has 0 aliphatic rings. The van der Waals surface area contributed by atoms with Gasteiger partial charge in [-0.25, -0.2) is 9.97 Å². The zero-order chi connectivity index (χ0) is 25.7. The maximum Gasteiger partial charge on any atom is 0.229 e. The SMILES string of the molecule is COc1ccc2[nH]cc(CCN=C(NC(=S)Nc3cc(C)ccc3C)Nc3nc(C)cc(C)n3)c2c1. The first-order valence-electron chi connectivity index (χ1n) is 11.7. The quantitative estimate of drug-likeness (QED) is 0.164. The lowest BCUT2D eigenvalue weighted by Crippen LogP contribution is -2.39. The zero-order valence-corrected chi connectivity index (χ0v) is 22.0. The molecule has 36 heavy (non-hydrogen) atoms. The lowest BCUT2D eigenvalue weighted by atomic mass is 10.1. The highest BCUT2D eigenvalue weighted by Crippen LogP contribution is 2.24. The molecule has 0 saturated heterocycles. The molecule has 4 N–H and O–H groups in total. The number of hydrogen-bond donors (Lipinski definition) is 4. The van der Waals surface area contributed by atoms with Crippen LogP contribution in [0.3, 0.4) is 0 Å². The van der Waals surface area contributed by atoms with Gasteiger partial charge in [0.25, 0.3) is 0 Å². The van der Waals surface area contributed by atoms with Crippen LogP contribution in [0.25, 0.3) is 10.9 Å². The van der Waals surface area contributed by atoms with Gasteiger partial charge in [-0.2, -0.15) is 0 Å². The fourth-order valence-corrected chi connectivity index (χ4v) is 4.12. The summed E-state index contributed by atoms with van der Waals surface area (Å²) in [6.07, 6.45) is 2.74. The van der Waals surface area contributed by atoms with E-state index in [1.165, 1.54) is 0 Å². The van der Waals surface area contributed by atoms with Crippen LogP contribution in [0, 0.1) is 27.7 Å². The van der Waals surface area contributed by atoms with Gasteiger partial charge in [-0.1, -0.05) is 12.1 Å². The summed E-state index contributed by atoms with van der Waals surface area (Å²) in [5.74, 6) is 1.76. The number of guanidine groups is 1. The Bertz CT molecular complexity index is 1410. The van der Waals surface area contributed by atoms with Crippen molar-refractivity contribution in [2.45, 2.75) is 34.1 Å². The van der Waals surface area contributed by atoms with Crippen molar-refractivity contribution in [2.75, 3.05) is 24.3 Å². The summed E-state index contributed by atoms with van der Waals surface area (Å²) in [5.41, 5.74) is 7.16. The molecule has 2 aromatic carbocycles. The molecule has 0 radical (unpaired) electrons. The van der Waals surface area contributed by atoms with E-state index in [-0.39, 0.29) is 0 Å². The van der Waals surface area contributed by atoms with Crippen LogP contribution in [0.4, 0.5) is 11.6 Å². The number of H-pyrrole nitrogens is 1. The third-order valence-electron chi connectivity index (χ3n) is 5.71. The number of thiocarbonyl (C=S) groups is 1. The molecule has 4 rings (SSSR count). The van der Waals surface area contributed by atoms with Gasteiger partial charge in [0.15, 0.2) is 5.11 Å². The summed E-state index contributed by atoms with van der Waals surface area (Å²) >= 11 is 5.60. The number of aryl methyl sites for hydroxylation is 4. The summed E-state index contributed by atoms with van der Waals surface area (Å²) in [5, 5.41) is 11.2. The van der Waals surface area contributed by atoms with E-state index in [2.05, 4.69) is 49.1 Å². The molecule has 9 heteroatoms. The van der Waals surface area contributed by atoms with Crippen molar-refractivity contribution < 1.29 is 4.74 Å². The molecule has 0 bridgehead atoms. The van der Waals surface area contributed by atoms with Gasteiger partial charge in [-0.3, -0.25) is 10.3 Å². The summed E-state index contributed by atoms with van der Waals surface area (Å²) in [4.78, 5) is 17.0.